The second-order valence-corrected chi connectivity index (χ2v) is 3.18. The van der Waals surface area contributed by atoms with Gasteiger partial charge in [0, 0.05) is 6.54 Å². The third-order valence-corrected chi connectivity index (χ3v) is 1.94. The molecule has 0 heterocycles. The molecule has 0 spiro atoms. The Hall–Kier alpha value is -0.610. The minimum Gasteiger partial charge on any atom is -0.480 e. The Labute approximate surface area is 73.3 Å². The molecule has 0 aromatic rings. The maximum atomic E-state index is 10.6. The van der Waals surface area contributed by atoms with Gasteiger partial charge in [0.1, 0.15) is 5.54 Å². The van der Waals surface area contributed by atoms with Crippen molar-refractivity contribution in [3.05, 3.63) is 0 Å². The van der Waals surface area contributed by atoms with Crippen molar-refractivity contribution < 1.29 is 9.90 Å². The molecule has 0 radical (unpaired) electrons. The number of carbonyl (C=O) groups is 1. The molecule has 0 bridgehead atoms. The largest absolute Gasteiger partial charge is 0.480 e. The van der Waals surface area contributed by atoms with Crippen LogP contribution in [0.1, 0.15) is 20.8 Å². The highest BCUT2D eigenvalue weighted by Gasteiger charge is 2.29. The first-order valence-corrected chi connectivity index (χ1v) is 4.18. The lowest BCUT2D eigenvalue weighted by atomic mass is 10.0. The summed E-state index contributed by atoms with van der Waals surface area (Å²) in [5, 5.41) is 8.73. The topological polar surface area (TPSA) is 66.6 Å². The van der Waals surface area contributed by atoms with Crippen LogP contribution in [0.2, 0.25) is 0 Å². The molecule has 12 heavy (non-hydrogen) atoms. The SMILES string of the molecule is CCN(CC)CC(C)(N)C(=O)O. The first-order valence-electron chi connectivity index (χ1n) is 4.18. The molecule has 4 heteroatoms. The van der Waals surface area contributed by atoms with E-state index in [0.29, 0.717) is 6.54 Å². The fourth-order valence-electron chi connectivity index (χ4n) is 0.979. The van der Waals surface area contributed by atoms with Gasteiger partial charge in [-0.25, -0.2) is 0 Å². The van der Waals surface area contributed by atoms with Gasteiger partial charge in [0.15, 0.2) is 0 Å². The van der Waals surface area contributed by atoms with Gasteiger partial charge in [-0.2, -0.15) is 0 Å². The molecule has 0 aromatic carbocycles. The molecular weight excluding hydrogens is 156 g/mol. The summed E-state index contributed by atoms with van der Waals surface area (Å²) >= 11 is 0. The van der Waals surface area contributed by atoms with Gasteiger partial charge in [-0.15, -0.1) is 0 Å². The van der Waals surface area contributed by atoms with E-state index in [0.717, 1.165) is 13.1 Å². The number of likely N-dealkylation sites (N-methyl/N-ethyl adjacent to an activating group) is 1. The molecule has 0 aliphatic carbocycles. The van der Waals surface area contributed by atoms with E-state index < -0.39 is 11.5 Å². The van der Waals surface area contributed by atoms with E-state index in [1.165, 1.54) is 6.92 Å². The first kappa shape index (κ1) is 11.4. The molecule has 0 aliphatic heterocycles. The second-order valence-electron chi connectivity index (χ2n) is 3.18. The molecular formula is C8H18N2O2. The number of rotatable bonds is 5. The smallest absolute Gasteiger partial charge is 0.324 e. The van der Waals surface area contributed by atoms with Crippen LogP contribution >= 0.6 is 0 Å². The third kappa shape index (κ3) is 3.19. The maximum absolute atomic E-state index is 10.6. The molecule has 0 saturated heterocycles. The van der Waals surface area contributed by atoms with Crippen LogP contribution in [0.4, 0.5) is 0 Å². The Morgan fingerprint density at radius 2 is 1.92 bits per heavy atom. The van der Waals surface area contributed by atoms with Crippen molar-refractivity contribution >= 4 is 5.97 Å². The van der Waals surface area contributed by atoms with E-state index in [9.17, 15) is 4.79 Å². The molecule has 1 unspecified atom stereocenters. The van der Waals surface area contributed by atoms with Crippen molar-refractivity contribution in [1.82, 2.24) is 4.90 Å². The summed E-state index contributed by atoms with van der Waals surface area (Å²) in [7, 11) is 0. The number of carboxylic acids is 1. The van der Waals surface area contributed by atoms with Gasteiger partial charge < -0.3 is 15.7 Å². The molecule has 72 valence electrons. The van der Waals surface area contributed by atoms with Crippen LogP contribution in [0, 0.1) is 0 Å². The lowest BCUT2D eigenvalue weighted by molar-refractivity contribution is -0.143. The van der Waals surface area contributed by atoms with Crippen LogP contribution in [-0.4, -0.2) is 41.1 Å². The molecule has 0 amide bonds. The molecule has 3 N–H and O–H groups in total. The zero-order valence-corrected chi connectivity index (χ0v) is 8.00. The normalized spacial score (nSPS) is 16.1. The van der Waals surface area contributed by atoms with Crippen LogP contribution in [0.5, 0.6) is 0 Å². The summed E-state index contributed by atoms with van der Waals surface area (Å²) in [4.78, 5) is 12.6. The third-order valence-electron chi connectivity index (χ3n) is 1.94. The molecule has 0 rings (SSSR count). The Morgan fingerprint density at radius 3 is 2.17 bits per heavy atom. The van der Waals surface area contributed by atoms with Gasteiger partial charge >= 0.3 is 5.97 Å². The number of hydrogen-bond donors (Lipinski definition) is 2. The lowest BCUT2D eigenvalue weighted by Crippen LogP contribution is -2.53. The highest BCUT2D eigenvalue weighted by Crippen LogP contribution is 2.02. The predicted molar refractivity (Wildman–Crippen MR) is 48.0 cm³/mol. The number of hydrogen-bond acceptors (Lipinski definition) is 3. The maximum Gasteiger partial charge on any atom is 0.324 e. The molecule has 0 aliphatic rings. The number of nitrogens with two attached hydrogens (primary N) is 1. The molecule has 4 nitrogen and oxygen atoms in total. The van der Waals surface area contributed by atoms with Crippen molar-refractivity contribution in [2.45, 2.75) is 26.3 Å². The first-order chi connectivity index (χ1) is 5.44. The van der Waals surface area contributed by atoms with Crippen LogP contribution in [0.25, 0.3) is 0 Å². The zero-order chi connectivity index (χ0) is 9.78. The van der Waals surface area contributed by atoms with Gasteiger partial charge in [-0.1, -0.05) is 13.8 Å². The van der Waals surface area contributed by atoms with Gasteiger partial charge in [0.2, 0.25) is 0 Å². The molecule has 1 atom stereocenters. The molecule has 0 saturated carbocycles. The van der Waals surface area contributed by atoms with Gasteiger partial charge in [-0.05, 0) is 20.0 Å². The van der Waals surface area contributed by atoms with Crippen molar-refractivity contribution in [2.75, 3.05) is 19.6 Å². The Bertz CT molecular complexity index is 153. The minimum absolute atomic E-state index is 0.398. The summed E-state index contributed by atoms with van der Waals surface area (Å²) in [5.74, 6) is -0.950. The van der Waals surface area contributed by atoms with Gasteiger partial charge in [0.25, 0.3) is 0 Å². The van der Waals surface area contributed by atoms with Crippen LogP contribution in [-0.2, 0) is 4.79 Å². The number of carboxylic acid groups (broad SMARTS) is 1. The van der Waals surface area contributed by atoms with E-state index in [4.69, 9.17) is 10.8 Å². The van der Waals surface area contributed by atoms with Crippen molar-refractivity contribution in [3.8, 4) is 0 Å². The summed E-state index contributed by atoms with van der Waals surface area (Å²) in [6, 6.07) is 0. The van der Waals surface area contributed by atoms with Crippen molar-refractivity contribution in [1.29, 1.82) is 0 Å². The van der Waals surface area contributed by atoms with Gasteiger partial charge in [-0.3, -0.25) is 4.79 Å². The Morgan fingerprint density at radius 1 is 1.50 bits per heavy atom. The number of aliphatic carboxylic acids is 1. The van der Waals surface area contributed by atoms with E-state index in [-0.39, 0.29) is 0 Å². The van der Waals surface area contributed by atoms with E-state index in [2.05, 4.69) is 0 Å². The van der Waals surface area contributed by atoms with Crippen LogP contribution < -0.4 is 5.73 Å². The fourth-order valence-corrected chi connectivity index (χ4v) is 0.979. The average Bonchev–Trinajstić information content (AvgIpc) is 2.00. The van der Waals surface area contributed by atoms with Crippen LogP contribution in [0.3, 0.4) is 0 Å². The predicted octanol–water partition coefficient (Wildman–Crippen LogP) is 0.130. The Balaban J connectivity index is 4.12. The summed E-state index contributed by atoms with van der Waals surface area (Å²) < 4.78 is 0. The molecule has 0 fully saturated rings. The van der Waals surface area contributed by atoms with E-state index in [1.807, 2.05) is 18.7 Å². The van der Waals surface area contributed by atoms with Crippen LogP contribution in [0.15, 0.2) is 0 Å². The highest BCUT2D eigenvalue weighted by atomic mass is 16.4. The Kier molecular flexibility index (Phi) is 4.20. The van der Waals surface area contributed by atoms with Gasteiger partial charge in [0.05, 0.1) is 0 Å². The summed E-state index contributed by atoms with van der Waals surface area (Å²) in [5.41, 5.74) is 4.44. The van der Waals surface area contributed by atoms with E-state index >= 15 is 0 Å². The quantitative estimate of drug-likeness (QED) is 0.621. The summed E-state index contributed by atoms with van der Waals surface area (Å²) in [6.07, 6.45) is 0. The minimum atomic E-state index is -1.13. The zero-order valence-electron chi connectivity index (χ0n) is 8.00. The lowest BCUT2D eigenvalue weighted by Gasteiger charge is -2.27. The standard InChI is InChI=1S/C8H18N2O2/c1-4-10(5-2)6-8(3,9)7(11)12/h4-6,9H2,1-3H3,(H,11,12). The van der Waals surface area contributed by atoms with E-state index in [1.54, 1.807) is 0 Å². The molecule has 0 aromatic heterocycles. The number of nitrogens with zero attached hydrogens (tertiary/aromatic N) is 1. The fraction of sp³-hybridized carbons (Fsp3) is 0.875. The summed E-state index contributed by atoms with van der Waals surface area (Å²) in [6.45, 7) is 7.57. The average molecular weight is 174 g/mol. The van der Waals surface area contributed by atoms with Crippen molar-refractivity contribution in [2.24, 2.45) is 5.73 Å². The monoisotopic (exact) mass is 174 g/mol. The highest BCUT2D eigenvalue weighted by molar-refractivity contribution is 5.78. The van der Waals surface area contributed by atoms with Crippen molar-refractivity contribution in [3.63, 3.8) is 0 Å². The second kappa shape index (κ2) is 4.42.